The highest BCUT2D eigenvalue weighted by Crippen LogP contribution is 2.34. The molecule has 3 nitrogen and oxygen atoms in total. The van der Waals surface area contributed by atoms with E-state index in [4.69, 9.17) is 5.73 Å². The molecule has 1 radical (unpaired) electrons. The van der Waals surface area contributed by atoms with Crippen molar-refractivity contribution in [1.29, 1.82) is 0 Å². The highest BCUT2D eigenvalue weighted by atomic mass is 16.1. The predicted molar refractivity (Wildman–Crippen MR) is 41.6 cm³/mol. The van der Waals surface area contributed by atoms with Gasteiger partial charge >= 0.3 is 0 Å². The second kappa shape index (κ2) is 2.21. The van der Waals surface area contributed by atoms with Crippen molar-refractivity contribution in [1.82, 2.24) is 5.32 Å². The van der Waals surface area contributed by atoms with Crippen LogP contribution in [0, 0.1) is 6.42 Å². The quantitative estimate of drug-likeness (QED) is 0.555. The van der Waals surface area contributed by atoms with Gasteiger partial charge < -0.3 is 11.1 Å². The largest absolute Gasteiger partial charge is 0.368 e. The Morgan fingerprint density at radius 1 is 1.73 bits per heavy atom. The van der Waals surface area contributed by atoms with Gasteiger partial charge in [0.15, 0.2) is 0 Å². The monoisotopic (exact) mass is 153 g/mol. The van der Waals surface area contributed by atoms with Crippen molar-refractivity contribution < 1.29 is 4.79 Å². The summed E-state index contributed by atoms with van der Waals surface area (Å²) in [5.74, 6) is -0.184. The first-order valence-electron chi connectivity index (χ1n) is 4.12. The fourth-order valence-corrected chi connectivity index (χ4v) is 2.12. The lowest BCUT2D eigenvalue weighted by atomic mass is 9.90. The third-order valence-electron chi connectivity index (χ3n) is 2.82. The van der Waals surface area contributed by atoms with Crippen LogP contribution >= 0.6 is 0 Å². The molecular formula is C8H13N2O. The number of fused-ring (bicyclic) bond motifs is 2. The third-order valence-corrected chi connectivity index (χ3v) is 2.82. The third kappa shape index (κ3) is 0.948. The summed E-state index contributed by atoms with van der Waals surface area (Å²) in [6.45, 7) is 0. The van der Waals surface area contributed by atoms with Crippen molar-refractivity contribution in [2.75, 3.05) is 0 Å². The maximum atomic E-state index is 11.1. The van der Waals surface area contributed by atoms with Gasteiger partial charge in [-0.1, -0.05) is 0 Å². The molecule has 0 saturated carbocycles. The molecule has 0 aromatic heterocycles. The zero-order chi connectivity index (χ0) is 7.90. The van der Waals surface area contributed by atoms with Gasteiger partial charge in [-0.25, -0.2) is 0 Å². The molecular weight excluding hydrogens is 140 g/mol. The SMILES string of the molecule is NC(=O)C12C[CH]C[C@H](CC1)N2. The molecule has 2 rings (SSSR count). The van der Waals surface area contributed by atoms with Crippen molar-refractivity contribution in [3.63, 3.8) is 0 Å². The maximum absolute atomic E-state index is 11.1. The summed E-state index contributed by atoms with van der Waals surface area (Å²) in [7, 11) is 0. The molecule has 3 heteroatoms. The van der Waals surface area contributed by atoms with Crippen molar-refractivity contribution in [2.45, 2.75) is 37.3 Å². The lowest BCUT2D eigenvalue weighted by Gasteiger charge is -2.31. The van der Waals surface area contributed by atoms with Crippen molar-refractivity contribution in [3.8, 4) is 0 Å². The number of primary amides is 1. The first-order valence-corrected chi connectivity index (χ1v) is 4.12. The van der Waals surface area contributed by atoms with Gasteiger partial charge in [0.25, 0.3) is 0 Å². The van der Waals surface area contributed by atoms with Crippen LogP contribution in [0.5, 0.6) is 0 Å². The van der Waals surface area contributed by atoms with Gasteiger partial charge in [-0.2, -0.15) is 0 Å². The van der Waals surface area contributed by atoms with E-state index in [0.29, 0.717) is 6.04 Å². The second-order valence-electron chi connectivity index (χ2n) is 3.55. The molecule has 3 N–H and O–H groups in total. The Balaban J connectivity index is 2.19. The fourth-order valence-electron chi connectivity index (χ4n) is 2.12. The number of piperidine rings is 1. The van der Waals surface area contributed by atoms with E-state index in [-0.39, 0.29) is 11.4 Å². The van der Waals surface area contributed by atoms with E-state index in [1.807, 2.05) is 0 Å². The van der Waals surface area contributed by atoms with Gasteiger partial charge in [0.05, 0.1) is 5.54 Å². The van der Waals surface area contributed by atoms with Gasteiger partial charge in [0.1, 0.15) is 0 Å². The molecule has 2 aliphatic rings. The molecule has 2 heterocycles. The van der Waals surface area contributed by atoms with E-state index in [1.165, 1.54) is 0 Å². The summed E-state index contributed by atoms with van der Waals surface area (Å²) in [4.78, 5) is 11.1. The van der Waals surface area contributed by atoms with Crippen LogP contribution in [0.15, 0.2) is 0 Å². The molecule has 2 bridgehead atoms. The molecule has 0 aromatic carbocycles. The van der Waals surface area contributed by atoms with Gasteiger partial charge in [-0.15, -0.1) is 0 Å². The van der Waals surface area contributed by atoms with E-state index in [2.05, 4.69) is 11.7 Å². The van der Waals surface area contributed by atoms with Crippen molar-refractivity contribution >= 4 is 5.91 Å². The Morgan fingerprint density at radius 3 is 3.18 bits per heavy atom. The average molecular weight is 153 g/mol. The van der Waals surface area contributed by atoms with Gasteiger partial charge in [0.2, 0.25) is 5.91 Å². The highest BCUT2D eigenvalue weighted by molar-refractivity contribution is 5.85. The standard InChI is InChI=1S/C8H13N2O/c9-7(11)8-4-1-2-6(10-8)3-5-8/h1,6,10H,2-5H2,(H2,9,11)/t6-,8?/m1/s1. The molecule has 2 atom stereocenters. The molecule has 11 heavy (non-hydrogen) atoms. The summed E-state index contributed by atoms with van der Waals surface area (Å²) in [6, 6.07) is 0.510. The molecule has 2 saturated heterocycles. The Bertz CT molecular complexity index is 189. The van der Waals surface area contributed by atoms with E-state index < -0.39 is 0 Å². The van der Waals surface area contributed by atoms with Crippen LogP contribution in [-0.4, -0.2) is 17.5 Å². The van der Waals surface area contributed by atoms with E-state index in [9.17, 15) is 4.79 Å². The van der Waals surface area contributed by atoms with Crippen molar-refractivity contribution in [3.05, 3.63) is 6.42 Å². The summed E-state index contributed by atoms with van der Waals surface area (Å²) < 4.78 is 0. The van der Waals surface area contributed by atoms with E-state index >= 15 is 0 Å². The highest BCUT2D eigenvalue weighted by Gasteiger charge is 2.45. The lowest BCUT2D eigenvalue weighted by molar-refractivity contribution is -0.124. The minimum atomic E-state index is -0.372. The number of hydrogen-bond acceptors (Lipinski definition) is 2. The Morgan fingerprint density at radius 2 is 2.55 bits per heavy atom. The summed E-state index contributed by atoms with van der Waals surface area (Å²) >= 11 is 0. The fraction of sp³-hybridized carbons (Fsp3) is 0.750. The smallest absolute Gasteiger partial charge is 0.237 e. The zero-order valence-corrected chi connectivity index (χ0v) is 6.47. The molecule has 1 amide bonds. The van der Waals surface area contributed by atoms with Crippen LogP contribution in [0.3, 0.4) is 0 Å². The average Bonchev–Trinajstić information content (AvgIpc) is 2.29. The molecule has 2 aliphatic heterocycles. The minimum absolute atomic E-state index is 0.184. The zero-order valence-electron chi connectivity index (χ0n) is 6.47. The van der Waals surface area contributed by atoms with Crippen molar-refractivity contribution in [2.24, 2.45) is 5.73 Å². The predicted octanol–water partition coefficient (Wildman–Crippen LogP) is -0.0394. The number of rotatable bonds is 1. The molecule has 61 valence electrons. The molecule has 1 unspecified atom stereocenters. The minimum Gasteiger partial charge on any atom is -0.368 e. The maximum Gasteiger partial charge on any atom is 0.237 e. The van der Waals surface area contributed by atoms with Gasteiger partial charge in [0, 0.05) is 6.04 Å². The number of amides is 1. The second-order valence-corrected chi connectivity index (χ2v) is 3.55. The lowest BCUT2D eigenvalue weighted by Crippen LogP contribution is -2.55. The normalized spacial score (nSPS) is 42.4. The van der Waals surface area contributed by atoms with Crippen LogP contribution in [-0.2, 0) is 4.79 Å². The molecule has 2 fully saturated rings. The van der Waals surface area contributed by atoms with Crippen LogP contribution in [0.1, 0.15) is 25.7 Å². The van der Waals surface area contributed by atoms with Crippen LogP contribution in [0.4, 0.5) is 0 Å². The number of carbonyl (C=O) groups is 1. The summed E-state index contributed by atoms with van der Waals surface area (Å²) in [5, 5.41) is 3.30. The Hall–Kier alpha value is -0.570. The Kier molecular flexibility index (Phi) is 1.42. The van der Waals surface area contributed by atoms with Crippen LogP contribution in [0.2, 0.25) is 0 Å². The molecule has 0 aliphatic carbocycles. The van der Waals surface area contributed by atoms with Crippen LogP contribution < -0.4 is 11.1 Å². The van der Waals surface area contributed by atoms with E-state index in [0.717, 1.165) is 25.7 Å². The number of nitrogens with one attached hydrogen (secondary N) is 1. The first-order chi connectivity index (χ1) is 5.23. The van der Waals surface area contributed by atoms with Gasteiger partial charge in [-0.05, 0) is 32.1 Å². The number of hydrogen-bond donors (Lipinski definition) is 2. The number of nitrogens with two attached hydrogens (primary N) is 1. The topological polar surface area (TPSA) is 55.1 Å². The summed E-state index contributed by atoms with van der Waals surface area (Å²) in [6.07, 6.45) is 6.11. The van der Waals surface area contributed by atoms with E-state index in [1.54, 1.807) is 0 Å². The molecule has 0 spiro atoms. The molecule has 0 aromatic rings. The first kappa shape index (κ1) is 7.10. The van der Waals surface area contributed by atoms with Gasteiger partial charge in [-0.3, -0.25) is 4.79 Å². The Labute approximate surface area is 66.3 Å². The number of carbonyl (C=O) groups excluding carboxylic acids is 1. The summed E-state index contributed by atoms with van der Waals surface area (Å²) in [5.41, 5.74) is 4.95. The van der Waals surface area contributed by atoms with Crippen LogP contribution in [0.25, 0.3) is 0 Å².